The van der Waals surface area contributed by atoms with Gasteiger partial charge in [0, 0.05) is 13.0 Å². The topological polar surface area (TPSA) is 122 Å². The van der Waals surface area contributed by atoms with E-state index in [0.717, 1.165) is 0 Å². The summed E-state index contributed by atoms with van der Waals surface area (Å²) < 4.78 is 5.98. The van der Waals surface area contributed by atoms with Crippen LogP contribution in [0.25, 0.3) is 11.0 Å². The number of amides is 1. The molecule has 3 rings (SSSR count). The molecule has 11 heteroatoms. The molecule has 0 bridgehead atoms. The van der Waals surface area contributed by atoms with E-state index in [0.29, 0.717) is 16.7 Å². The number of benzene rings is 1. The Labute approximate surface area is 162 Å². The van der Waals surface area contributed by atoms with Crippen molar-refractivity contribution < 1.29 is 14.3 Å². The van der Waals surface area contributed by atoms with Crippen molar-refractivity contribution in [3.63, 3.8) is 0 Å². The first kappa shape index (κ1) is 19.2. The molecule has 1 atom stereocenters. The van der Waals surface area contributed by atoms with Crippen LogP contribution in [0, 0.1) is 0 Å². The van der Waals surface area contributed by atoms with Crippen LogP contribution in [-0.4, -0.2) is 41.1 Å². The number of esters is 1. The normalized spacial score (nSPS) is 15.3. The van der Waals surface area contributed by atoms with Crippen LogP contribution in [-0.2, 0) is 14.3 Å². The molecule has 1 aliphatic rings. The second-order valence-electron chi connectivity index (χ2n) is 5.89. The third-order valence-electron chi connectivity index (χ3n) is 4.13. The highest BCUT2D eigenvalue weighted by Gasteiger charge is 2.28. The second-order valence-corrected chi connectivity index (χ2v) is 6.68. The first-order valence-electron chi connectivity index (χ1n) is 8.16. The lowest BCUT2D eigenvalue weighted by Crippen LogP contribution is -2.44. The van der Waals surface area contributed by atoms with E-state index in [1.165, 1.54) is 10.6 Å². The summed E-state index contributed by atoms with van der Waals surface area (Å²) in [5.74, 6) is -1.02. The summed E-state index contributed by atoms with van der Waals surface area (Å²) in [5, 5.41) is 5.93. The number of hydrogen-bond acceptors (Lipinski definition) is 6. The average Bonchev–Trinajstić information content (AvgIpc) is 2.62. The molecular formula is C16H16Cl2N4O5. The van der Waals surface area contributed by atoms with Gasteiger partial charge >= 0.3 is 17.1 Å². The SMILES string of the molecule is CCOC(=O)CNC(=O)CC1CNc2c(Cl)c(Cl)cc3[nH]c(=O)c(=O)n1c23. The fourth-order valence-corrected chi connectivity index (χ4v) is 3.42. The molecule has 0 saturated heterocycles. The predicted molar refractivity (Wildman–Crippen MR) is 101 cm³/mol. The van der Waals surface area contributed by atoms with Crippen molar-refractivity contribution >= 4 is 51.8 Å². The number of halogens is 2. The quantitative estimate of drug-likeness (QED) is 0.496. The van der Waals surface area contributed by atoms with E-state index in [-0.39, 0.29) is 36.2 Å². The van der Waals surface area contributed by atoms with Crippen LogP contribution in [0.2, 0.25) is 10.0 Å². The van der Waals surface area contributed by atoms with Gasteiger partial charge in [0.1, 0.15) is 6.54 Å². The third-order valence-corrected chi connectivity index (χ3v) is 4.92. The zero-order chi connectivity index (χ0) is 19.7. The summed E-state index contributed by atoms with van der Waals surface area (Å²) in [5.41, 5.74) is -0.523. The molecule has 1 aliphatic heterocycles. The van der Waals surface area contributed by atoms with Gasteiger partial charge in [-0.15, -0.1) is 0 Å². The number of rotatable bonds is 5. The standard InChI is InChI=1S/C16H16Cl2N4O5/c1-2-27-11(24)6-19-10(23)3-7-5-20-13-12(18)8(17)4-9-14(13)22(7)16(26)15(25)21-9/h4,7,20H,2-3,5-6H2,1H3,(H,19,23)(H,21,25). The van der Waals surface area contributed by atoms with Crippen molar-refractivity contribution in [3.8, 4) is 0 Å². The summed E-state index contributed by atoms with van der Waals surface area (Å²) in [6, 6.07) is 0.805. The van der Waals surface area contributed by atoms with E-state index in [1.54, 1.807) is 6.92 Å². The summed E-state index contributed by atoms with van der Waals surface area (Å²) >= 11 is 12.3. The van der Waals surface area contributed by atoms with Crippen LogP contribution in [0.4, 0.5) is 5.69 Å². The van der Waals surface area contributed by atoms with Crippen LogP contribution in [0.3, 0.4) is 0 Å². The minimum atomic E-state index is -0.828. The number of hydrogen-bond donors (Lipinski definition) is 3. The minimum absolute atomic E-state index is 0.120. The molecule has 144 valence electrons. The molecule has 2 heterocycles. The molecule has 1 aromatic heterocycles. The summed E-state index contributed by atoms with van der Waals surface area (Å²) in [6.07, 6.45) is -0.120. The molecule has 3 N–H and O–H groups in total. The largest absolute Gasteiger partial charge is 0.465 e. The molecule has 1 amide bonds. The van der Waals surface area contributed by atoms with E-state index in [2.05, 4.69) is 15.6 Å². The number of aromatic amines is 1. The Kier molecular flexibility index (Phi) is 5.43. The summed E-state index contributed by atoms with van der Waals surface area (Å²) in [4.78, 5) is 50.5. The Hall–Kier alpha value is -2.52. The van der Waals surface area contributed by atoms with Gasteiger partial charge in [0.05, 0.1) is 39.4 Å². The highest BCUT2D eigenvalue weighted by molar-refractivity contribution is 6.45. The van der Waals surface area contributed by atoms with Crippen molar-refractivity contribution in [3.05, 3.63) is 36.8 Å². The monoisotopic (exact) mass is 414 g/mol. The van der Waals surface area contributed by atoms with E-state index in [1.807, 2.05) is 0 Å². The molecule has 0 radical (unpaired) electrons. The lowest BCUT2D eigenvalue weighted by Gasteiger charge is -2.29. The van der Waals surface area contributed by atoms with Gasteiger partial charge in [0.2, 0.25) is 5.91 Å². The fraction of sp³-hybridized carbons (Fsp3) is 0.375. The number of ether oxygens (including phenoxy) is 1. The second kappa shape index (κ2) is 7.61. The van der Waals surface area contributed by atoms with Crippen LogP contribution >= 0.6 is 23.2 Å². The molecule has 0 fully saturated rings. The Morgan fingerprint density at radius 1 is 1.37 bits per heavy atom. The Balaban J connectivity index is 1.95. The van der Waals surface area contributed by atoms with Crippen LogP contribution in [0.1, 0.15) is 19.4 Å². The lowest BCUT2D eigenvalue weighted by atomic mass is 10.1. The van der Waals surface area contributed by atoms with Crippen LogP contribution < -0.4 is 21.8 Å². The van der Waals surface area contributed by atoms with Crippen LogP contribution in [0.5, 0.6) is 0 Å². The molecule has 0 saturated carbocycles. The van der Waals surface area contributed by atoms with Crippen molar-refractivity contribution in [1.29, 1.82) is 0 Å². The van der Waals surface area contributed by atoms with Gasteiger partial charge in [-0.25, -0.2) is 0 Å². The van der Waals surface area contributed by atoms with E-state index in [4.69, 9.17) is 27.9 Å². The summed E-state index contributed by atoms with van der Waals surface area (Å²) in [6.45, 7) is 1.78. The highest BCUT2D eigenvalue weighted by atomic mass is 35.5. The lowest BCUT2D eigenvalue weighted by molar-refractivity contribution is -0.143. The third kappa shape index (κ3) is 3.65. The van der Waals surface area contributed by atoms with E-state index >= 15 is 0 Å². The van der Waals surface area contributed by atoms with Gasteiger partial charge in [-0.05, 0) is 13.0 Å². The van der Waals surface area contributed by atoms with Crippen LogP contribution in [0.15, 0.2) is 15.7 Å². The van der Waals surface area contributed by atoms with E-state index < -0.39 is 29.0 Å². The van der Waals surface area contributed by atoms with Gasteiger partial charge in [-0.1, -0.05) is 23.2 Å². The number of aromatic nitrogens is 2. The number of carbonyl (C=O) groups is 2. The first-order chi connectivity index (χ1) is 12.8. The van der Waals surface area contributed by atoms with Gasteiger partial charge < -0.3 is 20.4 Å². The maximum Gasteiger partial charge on any atom is 0.325 e. The van der Waals surface area contributed by atoms with Crippen molar-refractivity contribution in [2.75, 3.05) is 25.0 Å². The molecule has 2 aromatic rings. The van der Waals surface area contributed by atoms with E-state index in [9.17, 15) is 19.2 Å². The number of H-pyrrole nitrogens is 1. The van der Waals surface area contributed by atoms with Gasteiger partial charge in [-0.3, -0.25) is 23.7 Å². The zero-order valence-corrected chi connectivity index (χ0v) is 15.7. The van der Waals surface area contributed by atoms with Crippen molar-refractivity contribution in [2.45, 2.75) is 19.4 Å². The van der Waals surface area contributed by atoms with Crippen molar-refractivity contribution in [2.24, 2.45) is 0 Å². The molecule has 0 spiro atoms. The molecule has 0 aliphatic carbocycles. The number of nitrogens with one attached hydrogen (secondary N) is 3. The molecule has 27 heavy (non-hydrogen) atoms. The maximum absolute atomic E-state index is 12.4. The van der Waals surface area contributed by atoms with Gasteiger partial charge in [0.25, 0.3) is 0 Å². The maximum atomic E-state index is 12.4. The summed E-state index contributed by atoms with van der Waals surface area (Å²) in [7, 11) is 0. The molecule has 1 aromatic carbocycles. The Morgan fingerprint density at radius 3 is 2.81 bits per heavy atom. The molecular weight excluding hydrogens is 399 g/mol. The Bertz CT molecular complexity index is 1050. The first-order valence-corrected chi connectivity index (χ1v) is 8.91. The molecule has 1 unspecified atom stereocenters. The van der Waals surface area contributed by atoms with Crippen molar-refractivity contribution in [1.82, 2.24) is 14.9 Å². The Morgan fingerprint density at radius 2 is 2.11 bits per heavy atom. The number of carbonyl (C=O) groups excluding carboxylic acids is 2. The zero-order valence-electron chi connectivity index (χ0n) is 14.2. The highest BCUT2D eigenvalue weighted by Crippen LogP contribution is 2.39. The number of anilines is 1. The van der Waals surface area contributed by atoms with Gasteiger partial charge in [0.15, 0.2) is 0 Å². The molecule has 9 nitrogen and oxygen atoms in total. The minimum Gasteiger partial charge on any atom is -0.465 e. The average molecular weight is 415 g/mol. The smallest absolute Gasteiger partial charge is 0.325 e. The predicted octanol–water partition coefficient (Wildman–Crippen LogP) is 1.03. The van der Waals surface area contributed by atoms with Gasteiger partial charge in [-0.2, -0.15) is 0 Å². The fourth-order valence-electron chi connectivity index (χ4n) is 3.00. The number of nitrogens with zero attached hydrogens (tertiary/aromatic N) is 1.